The summed E-state index contributed by atoms with van der Waals surface area (Å²) in [6.45, 7) is 3.97. The first kappa shape index (κ1) is 17.5. The number of anilines is 1. The van der Waals surface area contributed by atoms with Crippen molar-refractivity contribution in [2.24, 2.45) is 5.92 Å². The maximum Gasteiger partial charge on any atom is 0.221 e. The Bertz CT molecular complexity index is 470. The van der Waals surface area contributed by atoms with E-state index >= 15 is 0 Å². The summed E-state index contributed by atoms with van der Waals surface area (Å²) in [5.74, 6) is 0.484. The molecule has 0 bridgehead atoms. The van der Waals surface area contributed by atoms with E-state index in [0.717, 1.165) is 30.8 Å². The van der Waals surface area contributed by atoms with Crippen LogP contribution in [0.3, 0.4) is 0 Å². The van der Waals surface area contributed by atoms with Crippen LogP contribution in [0.4, 0.5) is 5.69 Å². The molecule has 21 heavy (non-hydrogen) atoms. The maximum atomic E-state index is 11.8. The lowest BCUT2D eigenvalue weighted by atomic mass is 10.0. The van der Waals surface area contributed by atoms with Crippen molar-refractivity contribution in [3.8, 4) is 0 Å². The average molecular weight is 312 g/mol. The van der Waals surface area contributed by atoms with Crippen LogP contribution < -0.4 is 16.0 Å². The second-order valence-corrected chi connectivity index (χ2v) is 5.22. The zero-order valence-corrected chi connectivity index (χ0v) is 13.0. The molecule has 2 amide bonds. The Labute approximate surface area is 131 Å². The van der Waals surface area contributed by atoms with Crippen LogP contribution in [0.15, 0.2) is 24.3 Å². The first-order valence-corrected chi connectivity index (χ1v) is 6.97. The van der Waals surface area contributed by atoms with Crippen molar-refractivity contribution in [1.82, 2.24) is 10.6 Å². The molecule has 1 heterocycles. The summed E-state index contributed by atoms with van der Waals surface area (Å²) >= 11 is 0. The van der Waals surface area contributed by atoms with Crippen LogP contribution in [0.1, 0.15) is 25.3 Å². The third-order valence-corrected chi connectivity index (χ3v) is 3.40. The molecule has 1 aliphatic rings. The molecular formula is C15H22ClN3O2. The largest absolute Gasteiger partial charge is 0.352 e. The number of carbonyl (C=O) groups is 2. The number of amides is 2. The summed E-state index contributed by atoms with van der Waals surface area (Å²) in [7, 11) is 0. The SMILES string of the molecule is CC(=O)Nc1ccc(CNC(=O)CC2CCNC2)cc1.Cl. The summed E-state index contributed by atoms with van der Waals surface area (Å²) in [4.78, 5) is 22.7. The highest BCUT2D eigenvalue weighted by Crippen LogP contribution is 2.12. The molecular weight excluding hydrogens is 290 g/mol. The first-order valence-electron chi connectivity index (χ1n) is 6.97. The summed E-state index contributed by atoms with van der Waals surface area (Å²) in [6, 6.07) is 7.49. The van der Waals surface area contributed by atoms with Crippen molar-refractivity contribution in [2.75, 3.05) is 18.4 Å². The number of benzene rings is 1. The van der Waals surface area contributed by atoms with Crippen LogP contribution in [-0.4, -0.2) is 24.9 Å². The van der Waals surface area contributed by atoms with Gasteiger partial charge in [0.1, 0.15) is 0 Å². The second-order valence-electron chi connectivity index (χ2n) is 5.22. The van der Waals surface area contributed by atoms with E-state index in [2.05, 4.69) is 16.0 Å². The lowest BCUT2D eigenvalue weighted by molar-refractivity contribution is -0.122. The fraction of sp³-hybridized carbons (Fsp3) is 0.467. The number of nitrogens with one attached hydrogen (secondary N) is 3. The fourth-order valence-corrected chi connectivity index (χ4v) is 2.33. The minimum atomic E-state index is -0.0868. The Morgan fingerprint density at radius 1 is 1.29 bits per heavy atom. The van der Waals surface area contributed by atoms with Gasteiger partial charge in [0.2, 0.25) is 11.8 Å². The minimum Gasteiger partial charge on any atom is -0.352 e. The summed E-state index contributed by atoms with van der Waals surface area (Å²) in [5.41, 5.74) is 1.79. The van der Waals surface area contributed by atoms with Gasteiger partial charge in [-0.15, -0.1) is 12.4 Å². The van der Waals surface area contributed by atoms with Crippen LogP contribution in [0.5, 0.6) is 0 Å². The molecule has 0 aliphatic carbocycles. The van der Waals surface area contributed by atoms with Crippen molar-refractivity contribution in [1.29, 1.82) is 0 Å². The van der Waals surface area contributed by atoms with Crippen LogP contribution >= 0.6 is 12.4 Å². The van der Waals surface area contributed by atoms with Gasteiger partial charge in [0.15, 0.2) is 0 Å². The van der Waals surface area contributed by atoms with E-state index in [0.29, 0.717) is 18.9 Å². The number of hydrogen-bond donors (Lipinski definition) is 3. The number of carbonyl (C=O) groups excluding carboxylic acids is 2. The number of hydrogen-bond acceptors (Lipinski definition) is 3. The summed E-state index contributed by atoms with van der Waals surface area (Å²) in [6.07, 6.45) is 1.68. The van der Waals surface area contributed by atoms with Crippen LogP contribution in [0.25, 0.3) is 0 Å². The molecule has 0 saturated carbocycles. The normalized spacial score (nSPS) is 16.9. The van der Waals surface area contributed by atoms with Crippen molar-refractivity contribution >= 4 is 29.9 Å². The van der Waals surface area contributed by atoms with Gasteiger partial charge >= 0.3 is 0 Å². The van der Waals surface area contributed by atoms with E-state index in [1.165, 1.54) is 6.92 Å². The van der Waals surface area contributed by atoms with Crippen molar-refractivity contribution in [2.45, 2.75) is 26.3 Å². The van der Waals surface area contributed by atoms with Crippen LogP contribution in [0, 0.1) is 5.92 Å². The highest BCUT2D eigenvalue weighted by atomic mass is 35.5. The molecule has 1 unspecified atom stereocenters. The molecule has 6 heteroatoms. The van der Waals surface area contributed by atoms with Gasteiger partial charge in [-0.05, 0) is 43.1 Å². The molecule has 1 atom stereocenters. The number of rotatable bonds is 5. The molecule has 1 aliphatic heterocycles. The molecule has 3 N–H and O–H groups in total. The van der Waals surface area contributed by atoms with Crippen molar-refractivity contribution in [3.63, 3.8) is 0 Å². The van der Waals surface area contributed by atoms with Crippen LogP contribution in [0.2, 0.25) is 0 Å². The van der Waals surface area contributed by atoms with E-state index in [1.807, 2.05) is 24.3 Å². The standard InChI is InChI=1S/C15H21N3O2.ClH/c1-11(19)18-14-4-2-12(3-5-14)10-17-15(20)8-13-6-7-16-9-13;/h2-5,13,16H,6-10H2,1H3,(H,17,20)(H,18,19);1H. The van der Waals surface area contributed by atoms with E-state index in [9.17, 15) is 9.59 Å². The zero-order chi connectivity index (χ0) is 14.4. The summed E-state index contributed by atoms with van der Waals surface area (Å²) in [5, 5.41) is 8.90. The monoisotopic (exact) mass is 311 g/mol. The summed E-state index contributed by atoms with van der Waals surface area (Å²) < 4.78 is 0. The minimum absolute atomic E-state index is 0. The molecule has 1 fully saturated rings. The topological polar surface area (TPSA) is 70.2 Å². The Kier molecular flexibility index (Phi) is 7.19. The van der Waals surface area contributed by atoms with E-state index in [-0.39, 0.29) is 24.2 Å². The predicted octanol–water partition coefficient (Wildman–Crippen LogP) is 1.68. The third kappa shape index (κ3) is 6.14. The van der Waals surface area contributed by atoms with E-state index in [4.69, 9.17) is 0 Å². The van der Waals surface area contributed by atoms with Gasteiger partial charge in [-0.3, -0.25) is 9.59 Å². The lowest BCUT2D eigenvalue weighted by Gasteiger charge is -2.09. The quantitative estimate of drug-likeness (QED) is 0.775. The predicted molar refractivity (Wildman–Crippen MR) is 85.4 cm³/mol. The molecule has 116 valence electrons. The molecule has 0 aromatic heterocycles. The van der Waals surface area contributed by atoms with Crippen molar-refractivity contribution < 1.29 is 9.59 Å². The molecule has 1 aromatic rings. The van der Waals surface area contributed by atoms with E-state index in [1.54, 1.807) is 0 Å². The van der Waals surface area contributed by atoms with Gasteiger partial charge in [0, 0.05) is 25.6 Å². The Morgan fingerprint density at radius 2 is 2.00 bits per heavy atom. The van der Waals surface area contributed by atoms with Gasteiger partial charge in [-0.1, -0.05) is 12.1 Å². The smallest absolute Gasteiger partial charge is 0.221 e. The average Bonchev–Trinajstić information content (AvgIpc) is 2.90. The van der Waals surface area contributed by atoms with Gasteiger partial charge in [0.05, 0.1) is 0 Å². The fourth-order valence-electron chi connectivity index (χ4n) is 2.33. The first-order chi connectivity index (χ1) is 9.63. The zero-order valence-electron chi connectivity index (χ0n) is 12.1. The van der Waals surface area contributed by atoms with Crippen LogP contribution in [-0.2, 0) is 16.1 Å². The maximum absolute atomic E-state index is 11.8. The van der Waals surface area contributed by atoms with Gasteiger partial charge < -0.3 is 16.0 Å². The molecule has 2 rings (SSSR count). The molecule has 0 spiro atoms. The highest BCUT2D eigenvalue weighted by Gasteiger charge is 2.17. The Hall–Kier alpha value is -1.59. The van der Waals surface area contributed by atoms with Gasteiger partial charge in [-0.25, -0.2) is 0 Å². The second kappa shape index (κ2) is 8.64. The Balaban J connectivity index is 0.00000220. The van der Waals surface area contributed by atoms with Crippen molar-refractivity contribution in [3.05, 3.63) is 29.8 Å². The van der Waals surface area contributed by atoms with Gasteiger partial charge in [0.25, 0.3) is 0 Å². The number of halogens is 1. The molecule has 5 nitrogen and oxygen atoms in total. The highest BCUT2D eigenvalue weighted by molar-refractivity contribution is 5.88. The molecule has 0 radical (unpaired) electrons. The van der Waals surface area contributed by atoms with Gasteiger partial charge in [-0.2, -0.15) is 0 Å². The molecule has 1 saturated heterocycles. The van der Waals surface area contributed by atoms with E-state index < -0.39 is 0 Å². The third-order valence-electron chi connectivity index (χ3n) is 3.40. The lowest BCUT2D eigenvalue weighted by Crippen LogP contribution is -2.25. The molecule has 1 aromatic carbocycles. The Morgan fingerprint density at radius 3 is 2.57 bits per heavy atom.